The number of carbonyl (C=O) groups is 1. The Morgan fingerprint density at radius 1 is 1.03 bits per heavy atom. The number of ketones is 1. The van der Waals surface area contributed by atoms with Gasteiger partial charge in [-0.3, -0.25) is 18.5 Å². The molecule has 1 aromatic carbocycles. The zero-order chi connectivity index (χ0) is 23.5. The normalized spacial score (nSPS) is 14.8. The third-order valence-electron chi connectivity index (χ3n) is 4.52. The van der Waals surface area contributed by atoms with E-state index < -0.39 is 79.7 Å². The van der Waals surface area contributed by atoms with Crippen molar-refractivity contribution in [2.24, 2.45) is 7.05 Å². The predicted octanol–water partition coefficient (Wildman–Crippen LogP) is 0.750. The van der Waals surface area contributed by atoms with Crippen LogP contribution >= 0.6 is 0 Å². The van der Waals surface area contributed by atoms with Gasteiger partial charge >= 0.3 is 0 Å². The van der Waals surface area contributed by atoms with Crippen molar-refractivity contribution in [3.05, 3.63) is 52.9 Å². The van der Waals surface area contributed by atoms with Gasteiger partial charge in [-0.25, -0.2) is 0 Å². The van der Waals surface area contributed by atoms with Crippen LogP contribution in [0.4, 0.5) is 0 Å². The van der Waals surface area contributed by atoms with Crippen molar-refractivity contribution < 1.29 is 43.7 Å². The molecule has 31 heavy (non-hydrogen) atoms. The minimum absolute atomic E-state index is 0.234. The number of fused-ring (bicyclic) bond motifs is 1. The first-order valence-electron chi connectivity index (χ1n) is 8.13. The van der Waals surface area contributed by atoms with E-state index in [9.17, 15) is 43.7 Å². The SMILES string of the molecule is Cn1cccc1C(=O)c1c(S(=O)(=O)O)cc2c(c1S(=O)(=O)O)C(=N)CC=C2S(=O)(=O)O. The van der Waals surface area contributed by atoms with Gasteiger partial charge in [0.25, 0.3) is 30.4 Å². The van der Waals surface area contributed by atoms with Crippen LogP contribution in [-0.2, 0) is 37.4 Å². The van der Waals surface area contributed by atoms with Crippen LogP contribution < -0.4 is 0 Å². The van der Waals surface area contributed by atoms with Crippen molar-refractivity contribution in [2.45, 2.75) is 16.2 Å². The first kappa shape index (κ1) is 23.0. The average Bonchev–Trinajstić information content (AvgIpc) is 3.03. The fourth-order valence-corrected chi connectivity index (χ4v) is 5.75. The molecule has 1 aliphatic rings. The first-order valence-corrected chi connectivity index (χ1v) is 12.4. The molecule has 0 unspecified atom stereocenters. The fourth-order valence-electron chi connectivity index (χ4n) is 3.28. The minimum Gasteiger partial charge on any atom is -0.348 e. The number of carbonyl (C=O) groups excluding carboxylic acids is 1. The van der Waals surface area contributed by atoms with Crippen LogP contribution in [0.3, 0.4) is 0 Å². The summed E-state index contributed by atoms with van der Waals surface area (Å²) in [6.07, 6.45) is 1.68. The Balaban J connectivity index is 2.64. The number of aromatic nitrogens is 1. The van der Waals surface area contributed by atoms with Gasteiger partial charge in [-0.05, 0) is 18.2 Å². The summed E-state index contributed by atoms with van der Waals surface area (Å²) in [5, 5.41) is 8.04. The van der Waals surface area contributed by atoms with E-state index in [1.54, 1.807) is 0 Å². The molecule has 166 valence electrons. The molecule has 0 fully saturated rings. The molecule has 15 heteroatoms. The summed E-state index contributed by atoms with van der Waals surface area (Å²) in [6, 6.07) is 3.05. The Kier molecular flexibility index (Phi) is 5.32. The van der Waals surface area contributed by atoms with Crippen molar-refractivity contribution in [3.8, 4) is 0 Å². The highest BCUT2D eigenvalue weighted by molar-refractivity contribution is 7.95. The molecule has 0 radical (unpaired) electrons. The van der Waals surface area contributed by atoms with Crippen molar-refractivity contribution in [2.75, 3.05) is 0 Å². The maximum absolute atomic E-state index is 13.1. The Morgan fingerprint density at radius 3 is 2.10 bits per heavy atom. The molecule has 0 saturated carbocycles. The maximum Gasteiger partial charge on any atom is 0.295 e. The molecular formula is C16H14N2O10S3. The molecule has 12 nitrogen and oxygen atoms in total. The van der Waals surface area contributed by atoms with E-state index in [0.29, 0.717) is 6.07 Å². The topological polar surface area (TPSA) is 209 Å². The molecule has 0 atom stereocenters. The highest BCUT2D eigenvalue weighted by Crippen LogP contribution is 2.39. The summed E-state index contributed by atoms with van der Waals surface area (Å²) in [5.74, 6) is -1.24. The van der Waals surface area contributed by atoms with Crippen LogP contribution in [0.2, 0.25) is 0 Å². The average molecular weight is 490 g/mol. The second kappa shape index (κ2) is 7.18. The molecule has 0 spiro atoms. The first-order chi connectivity index (χ1) is 14.0. The lowest BCUT2D eigenvalue weighted by molar-refractivity contribution is 0.102. The van der Waals surface area contributed by atoms with Crippen molar-refractivity contribution in [1.29, 1.82) is 5.41 Å². The molecule has 4 N–H and O–H groups in total. The van der Waals surface area contributed by atoms with E-state index in [0.717, 1.165) is 6.08 Å². The van der Waals surface area contributed by atoms with Gasteiger partial charge in [0.1, 0.15) is 9.79 Å². The molecule has 1 heterocycles. The molecule has 1 aliphatic carbocycles. The minimum atomic E-state index is -5.46. The van der Waals surface area contributed by atoms with E-state index in [1.165, 1.54) is 29.9 Å². The number of allylic oxidation sites excluding steroid dienone is 1. The van der Waals surface area contributed by atoms with Gasteiger partial charge in [0.2, 0.25) is 5.78 Å². The van der Waals surface area contributed by atoms with E-state index >= 15 is 0 Å². The largest absolute Gasteiger partial charge is 0.348 e. The van der Waals surface area contributed by atoms with Gasteiger partial charge in [-0.1, -0.05) is 6.08 Å². The molecule has 0 saturated heterocycles. The van der Waals surface area contributed by atoms with Gasteiger partial charge in [0.05, 0.1) is 16.2 Å². The lowest BCUT2D eigenvalue weighted by Crippen LogP contribution is -2.24. The number of hydrogen-bond acceptors (Lipinski definition) is 8. The van der Waals surface area contributed by atoms with Crippen molar-refractivity contribution in [1.82, 2.24) is 4.57 Å². The molecule has 1 aromatic heterocycles. The number of nitrogens with one attached hydrogen (secondary N) is 1. The van der Waals surface area contributed by atoms with Gasteiger partial charge in [0, 0.05) is 36.5 Å². The third-order valence-corrected chi connectivity index (χ3v) is 7.27. The molecule has 0 amide bonds. The van der Waals surface area contributed by atoms with E-state index in [2.05, 4.69) is 0 Å². The second-order valence-electron chi connectivity index (χ2n) is 6.51. The monoisotopic (exact) mass is 490 g/mol. The summed E-state index contributed by atoms with van der Waals surface area (Å²) in [4.78, 5) is 9.46. The summed E-state index contributed by atoms with van der Waals surface area (Å²) < 4.78 is 102. The number of benzene rings is 1. The number of aryl methyl sites for hydroxylation is 1. The molecular weight excluding hydrogens is 476 g/mol. The number of hydrogen-bond donors (Lipinski definition) is 4. The highest BCUT2D eigenvalue weighted by Gasteiger charge is 2.39. The Bertz CT molecular complexity index is 1510. The van der Waals surface area contributed by atoms with Gasteiger partial charge in [-0.2, -0.15) is 25.3 Å². The van der Waals surface area contributed by atoms with Crippen LogP contribution in [0.15, 0.2) is 40.3 Å². The Hall–Kier alpha value is -2.69. The fraction of sp³-hybridized carbons (Fsp3) is 0.125. The summed E-state index contributed by atoms with van der Waals surface area (Å²) in [5.41, 5.74) is -3.57. The summed E-state index contributed by atoms with van der Waals surface area (Å²) in [7, 11) is -14.5. The molecule has 3 rings (SSSR count). The lowest BCUT2D eigenvalue weighted by atomic mass is 9.91. The van der Waals surface area contributed by atoms with Gasteiger partial charge in [0.15, 0.2) is 0 Å². The van der Waals surface area contributed by atoms with Crippen LogP contribution in [0.1, 0.15) is 33.6 Å². The number of nitrogens with zero attached hydrogens (tertiary/aromatic N) is 1. The second-order valence-corrected chi connectivity index (χ2v) is 10.6. The summed E-state index contributed by atoms with van der Waals surface area (Å²) in [6.45, 7) is 0. The third kappa shape index (κ3) is 3.98. The quantitative estimate of drug-likeness (QED) is 0.341. The van der Waals surface area contributed by atoms with Crippen LogP contribution in [0, 0.1) is 5.41 Å². The zero-order valence-corrected chi connectivity index (χ0v) is 17.9. The molecule has 2 aromatic rings. The van der Waals surface area contributed by atoms with Crippen molar-refractivity contribution >= 4 is 46.8 Å². The highest BCUT2D eigenvalue weighted by atomic mass is 32.2. The van der Waals surface area contributed by atoms with Crippen LogP contribution in [0.25, 0.3) is 4.91 Å². The summed E-state index contributed by atoms with van der Waals surface area (Å²) >= 11 is 0. The standard InChI is InChI=1S/C16H14N2O10S3/c1-18-6-2-3-10(18)15(19)14-12(30(23,24)25)7-8-11(29(20,21)22)5-4-9(17)13(8)16(14)31(26,27)28/h2-3,5-7,17H,4H2,1H3,(H,20,21,22)(H,23,24,25)(H,26,27,28). The van der Waals surface area contributed by atoms with Gasteiger partial charge < -0.3 is 9.98 Å². The van der Waals surface area contributed by atoms with E-state index in [-0.39, 0.29) is 5.69 Å². The Labute approximate surface area is 176 Å². The molecule has 0 aliphatic heterocycles. The van der Waals surface area contributed by atoms with E-state index in [4.69, 9.17) is 5.41 Å². The maximum atomic E-state index is 13.1. The van der Waals surface area contributed by atoms with Crippen LogP contribution in [-0.4, -0.2) is 55.0 Å². The Morgan fingerprint density at radius 2 is 1.65 bits per heavy atom. The zero-order valence-electron chi connectivity index (χ0n) is 15.5. The van der Waals surface area contributed by atoms with Crippen LogP contribution in [0.5, 0.6) is 0 Å². The van der Waals surface area contributed by atoms with E-state index in [1.807, 2.05) is 0 Å². The smallest absolute Gasteiger partial charge is 0.295 e. The predicted molar refractivity (Wildman–Crippen MR) is 106 cm³/mol. The van der Waals surface area contributed by atoms with Crippen molar-refractivity contribution in [3.63, 3.8) is 0 Å². The van der Waals surface area contributed by atoms with Gasteiger partial charge in [-0.15, -0.1) is 0 Å². The number of rotatable bonds is 5. The molecule has 0 bridgehead atoms. The lowest BCUT2D eigenvalue weighted by Gasteiger charge is -2.23.